The number of aliphatic carboxylic acids is 1. The van der Waals surface area contributed by atoms with Crippen LogP contribution in [0.4, 0.5) is 0 Å². The lowest BCUT2D eigenvalue weighted by Crippen LogP contribution is -2.46. The Morgan fingerprint density at radius 2 is 2.06 bits per heavy atom. The first kappa shape index (κ1) is 13.8. The van der Waals surface area contributed by atoms with E-state index in [1.165, 1.54) is 32.1 Å². The first-order valence-corrected chi connectivity index (χ1v) is 7.31. The van der Waals surface area contributed by atoms with Crippen molar-refractivity contribution in [3.63, 3.8) is 0 Å². The predicted molar refractivity (Wildman–Crippen MR) is 69.6 cm³/mol. The van der Waals surface area contributed by atoms with Crippen molar-refractivity contribution >= 4 is 5.97 Å². The quantitative estimate of drug-likeness (QED) is 0.817. The molecule has 1 aliphatic heterocycles. The van der Waals surface area contributed by atoms with Gasteiger partial charge in [-0.3, -0.25) is 9.69 Å². The third-order valence-corrected chi connectivity index (χ3v) is 4.22. The second kappa shape index (κ2) is 7.10. The van der Waals surface area contributed by atoms with Crippen molar-refractivity contribution in [2.24, 2.45) is 5.92 Å². The van der Waals surface area contributed by atoms with Crippen molar-refractivity contribution < 1.29 is 14.6 Å². The van der Waals surface area contributed by atoms with Gasteiger partial charge in [-0.25, -0.2) is 0 Å². The lowest BCUT2D eigenvalue weighted by atomic mass is 9.84. The van der Waals surface area contributed by atoms with Crippen molar-refractivity contribution in [3.05, 3.63) is 0 Å². The van der Waals surface area contributed by atoms with Gasteiger partial charge in [0.15, 0.2) is 0 Å². The van der Waals surface area contributed by atoms with Gasteiger partial charge in [0.25, 0.3) is 0 Å². The maximum Gasteiger partial charge on any atom is 0.303 e. The average Bonchev–Trinajstić information content (AvgIpc) is 2.40. The van der Waals surface area contributed by atoms with Crippen LogP contribution in [0.3, 0.4) is 0 Å². The summed E-state index contributed by atoms with van der Waals surface area (Å²) in [6, 6.07) is 0. The van der Waals surface area contributed by atoms with E-state index in [2.05, 4.69) is 4.90 Å². The summed E-state index contributed by atoms with van der Waals surface area (Å²) in [6.45, 7) is 3.68. The molecule has 1 saturated heterocycles. The average molecular weight is 255 g/mol. The highest BCUT2D eigenvalue weighted by Gasteiger charge is 2.28. The Bertz CT molecular complexity index is 264. The molecule has 1 saturated carbocycles. The van der Waals surface area contributed by atoms with E-state index in [-0.39, 0.29) is 6.42 Å². The van der Waals surface area contributed by atoms with Crippen LogP contribution in [0.5, 0.6) is 0 Å². The topological polar surface area (TPSA) is 49.8 Å². The summed E-state index contributed by atoms with van der Waals surface area (Å²) in [5.74, 6) is 0.0492. The van der Waals surface area contributed by atoms with Crippen LogP contribution in [0.25, 0.3) is 0 Å². The fraction of sp³-hybridized carbons (Fsp3) is 0.929. The lowest BCUT2D eigenvalue weighted by molar-refractivity contribution is -0.137. The molecule has 0 spiro atoms. The van der Waals surface area contributed by atoms with E-state index in [0.717, 1.165) is 38.6 Å². The van der Waals surface area contributed by atoms with Crippen LogP contribution in [-0.4, -0.2) is 48.3 Å². The van der Waals surface area contributed by atoms with Crippen molar-refractivity contribution in [3.8, 4) is 0 Å². The zero-order valence-electron chi connectivity index (χ0n) is 11.1. The number of rotatable bonds is 5. The van der Waals surface area contributed by atoms with Crippen LogP contribution in [0.1, 0.15) is 44.9 Å². The zero-order valence-corrected chi connectivity index (χ0v) is 11.1. The summed E-state index contributed by atoms with van der Waals surface area (Å²) in [6.07, 6.45) is 8.14. The van der Waals surface area contributed by atoms with E-state index in [4.69, 9.17) is 9.84 Å². The Balaban J connectivity index is 1.71. The number of carbonyl (C=O) groups is 1. The molecule has 104 valence electrons. The summed E-state index contributed by atoms with van der Waals surface area (Å²) in [4.78, 5) is 12.9. The van der Waals surface area contributed by atoms with E-state index >= 15 is 0 Å². The Morgan fingerprint density at radius 3 is 2.78 bits per heavy atom. The molecule has 1 atom stereocenters. The maximum atomic E-state index is 10.5. The number of morpholine rings is 1. The summed E-state index contributed by atoms with van der Waals surface area (Å²) in [5.41, 5.74) is 0. The minimum absolute atomic E-state index is 0.283. The first-order chi connectivity index (χ1) is 8.75. The minimum atomic E-state index is -0.688. The monoisotopic (exact) mass is 255 g/mol. The van der Waals surface area contributed by atoms with E-state index in [1.54, 1.807) is 0 Å². The molecule has 2 fully saturated rings. The molecule has 4 heteroatoms. The van der Waals surface area contributed by atoms with Crippen LogP contribution in [0, 0.1) is 5.92 Å². The van der Waals surface area contributed by atoms with Gasteiger partial charge in [0, 0.05) is 19.5 Å². The highest BCUT2D eigenvalue weighted by Crippen LogP contribution is 2.29. The number of hydrogen-bond acceptors (Lipinski definition) is 3. The number of nitrogens with zero attached hydrogens (tertiary/aromatic N) is 1. The van der Waals surface area contributed by atoms with E-state index in [0.29, 0.717) is 6.10 Å². The number of hydrogen-bond donors (Lipinski definition) is 1. The molecule has 18 heavy (non-hydrogen) atoms. The zero-order chi connectivity index (χ0) is 12.8. The molecular weight excluding hydrogens is 230 g/mol. The van der Waals surface area contributed by atoms with Gasteiger partial charge < -0.3 is 9.84 Å². The molecule has 2 rings (SSSR count). The molecule has 4 nitrogen and oxygen atoms in total. The van der Waals surface area contributed by atoms with Gasteiger partial charge in [-0.2, -0.15) is 0 Å². The molecular formula is C14H25NO3. The van der Waals surface area contributed by atoms with E-state index < -0.39 is 5.97 Å². The highest BCUT2D eigenvalue weighted by atomic mass is 16.5. The van der Waals surface area contributed by atoms with Crippen LogP contribution < -0.4 is 0 Å². The highest BCUT2D eigenvalue weighted by molar-refractivity contribution is 5.66. The fourth-order valence-electron chi connectivity index (χ4n) is 3.18. The molecule has 0 aromatic rings. The molecule has 0 aromatic carbocycles. The summed E-state index contributed by atoms with van der Waals surface area (Å²) >= 11 is 0. The molecule has 1 heterocycles. The van der Waals surface area contributed by atoms with Gasteiger partial charge in [-0.15, -0.1) is 0 Å². The van der Waals surface area contributed by atoms with Crippen LogP contribution in [-0.2, 0) is 9.53 Å². The van der Waals surface area contributed by atoms with Crippen molar-refractivity contribution in [1.29, 1.82) is 0 Å². The van der Waals surface area contributed by atoms with Crippen molar-refractivity contribution in [2.75, 3.05) is 26.2 Å². The third kappa shape index (κ3) is 4.25. The Hall–Kier alpha value is -0.610. The Morgan fingerprint density at radius 1 is 1.28 bits per heavy atom. The predicted octanol–water partition coefficient (Wildman–Crippen LogP) is 2.13. The normalized spacial score (nSPS) is 27.2. The van der Waals surface area contributed by atoms with Gasteiger partial charge in [0.05, 0.1) is 12.7 Å². The second-order valence-electron chi connectivity index (χ2n) is 5.61. The second-order valence-corrected chi connectivity index (χ2v) is 5.61. The molecule has 0 aromatic heterocycles. The molecule has 0 bridgehead atoms. The molecule has 2 aliphatic rings. The SMILES string of the molecule is O=C(O)CCCN1CCOC(C2CCCCC2)C1. The number of carboxylic acid groups (broad SMARTS) is 1. The van der Waals surface area contributed by atoms with E-state index in [9.17, 15) is 4.79 Å². The molecule has 1 N–H and O–H groups in total. The van der Waals surface area contributed by atoms with Crippen LogP contribution >= 0.6 is 0 Å². The van der Waals surface area contributed by atoms with Crippen molar-refractivity contribution in [1.82, 2.24) is 4.90 Å². The largest absolute Gasteiger partial charge is 0.481 e. The van der Waals surface area contributed by atoms with Gasteiger partial charge in [-0.05, 0) is 31.7 Å². The standard InChI is InChI=1S/C14H25NO3/c16-14(17)7-4-8-15-9-10-18-13(11-15)12-5-2-1-3-6-12/h12-13H,1-11H2,(H,16,17). The Labute approximate surface area is 109 Å². The van der Waals surface area contributed by atoms with Crippen molar-refractivity contribution in [2.45, 2.75) is 51.0 Å². The number of carboxylic acids is 1. The van der Waals surface area contributed by atoms with Gasteiger partial charge in [0.1, 0.15) is 0 Å². The smallest absolute Gasteiger partial charge is 0.303 e. The van der Waals surface area contributed by atoms with Gasteiger partial charge in [0.2, 0.25) is 0 Å². The third-order valence-electron chi connectivity index (χ3n) is 4.22. The van der Waals surface area contributed by atoms with Crippen LogP contribution in [0.15, 0.2) is 0 Å². The molecule has 0 amide bonds. The molecule has 1 unspecified atom stereocenters. The minimum Gasteiger partial charge on any atom is -0.481 e. The molecule has 1 aliphatic carbocycles. The Kier molecular flexibility index (Phi) is 5.45. The summed E-state index contributed by atoms with van der Waals surface area (Å²) < 4.78 is 5.92. The van der Waals surface area contributed by atoms with E-state index in [1.807, 2.05) is 0 Å². The lowest BCUT2D eigenvalue weighted by Gasteiger charge is -2.38. The van der Waals surface area contributed by atoms with Gasteiger partial charge in [-0.1, -0.05) is 19.3 Å². The molecule has 0 radical (unpaired) electrons. The van der Waals surface area contributed by atoms with Crippen LogP contribution in [0.2, 0.25) is 0 Å². The maximum absolute atomic E-state index is 10.5. The first-order valence-electron chi connectivity index (χ1n) is 7.31. The summed E-state index contributed by atoms with van der Waals surface area (Å²) in [5, 5.41) is 8.66. The summed E-state index contributed by atoms with van der Waals surface area (Å²) in [7, 11) is 0. The number of ether oxygens (including phenoxy) is 1. The fourth-order valence-corrected chi connectivity index (χ4v) is 3.18. The van der Waals surface area contributed by atoms with Gasteiger partial charge >= 0.3 is 5.97 Å².